The zero-order valence-electron chi connectivity index (χ0n) is 20.5. The number of rotatable bonds is 6. The Balaban J connectivity index is 1.31. The first-order valence-corrected chi connectivity index (χ1v) is 11.8. The zero-order chi connectivity index (χ0) is 24.2. The molecule has 0 spiro atoms. The Bertz CT molecular complexity index is 1180. The minimum Gasteiger partial charge on any atom is -0.340 e. The summed E-state index contributed by atoms with van der Waals surface area (Å²) in [6, 6.07) is 15.9. The second kappa shape index (κ2) is 10.2. The molecule has 1 aliphatic rings. The van der Waals surface area contributed by atoms with E-state index in [0.29, 0.717) is 39.1 Å². The average molecular weight is 460 g/mol. The number of piperazine rings is 1. The second-order valence-electron chi connectivity index (χ2n) is 9.03. The molecule has 178 valence electrons. The average Bonchev–Trinajstić information content (AvgIpc) is 3.11. The number of hydrogen-bond acceptors (Lipinski definition) is 4. The number of aromatic nitrogens is 2. The lowest BCUT2D eigenvalue weighted by Gasteiger charge is -2.34. The molecule has 2 amide bonds. The third kappa shape index (κ3) is 5.20. The van der Waals surface area contributed by atoms with Crippen molar-refractivity contribution in [2.24, 2.45) is 0 Å². The third-order valence-corrected chi connectivity index (χ3v) is 6.74. The van der Waals surface area contributed by atoms with Gasteiger partial charge in [-0.3, -0.25) is 14.5 Å². The highest BCUT2D eigenvalue weighted by molar-refractivity contribution is 5.93. The number of para-hydroxylation sites is 1. The van der Waals surface area contributed by atoms with Crippen molar-refractivity contribution in [1.82, 2.24) is 19.6 Å². The summed E-state index contributed by atoms with van der Waals surface area (Å²) < 4.78 is 1.91. The molecule has 0 aliphatic carbocycles. The number of nitrogens with zero attached hydrogens (tertiary/aromatic N) is 4. The first kappa shape index (κ1) is 23.7. The Labute approximate surface area is 201 Å². The van der Waals surface area contributed by atoms with Crippen molar-refractivity contribution in [3.8, 4) is 5.69 Å². The highest BCUT2D eigenvalue weighted by Gasteiger charge is 2.24. The van der Waals surface area contributed by atoms with Gasteiger partial charge in [-0.25, -0.2) is 4.68 Å². The Morgan fingerprint density at radius 3 is 2.32 bits per heavy atom. The van der Waals surface area contributed by atoms with Gasteiger partial charge in [-0.05, 0) is 57.0 Å². The van der Waals surface area contributed by atoms with Crippen molar-refractivity contribution in [2.45, 2.75) is 34.1 Å². The van der Waals surface area contributed by atoms with Crippen molar-refractivity contribution < 1.29 is 9.59 Å². The molecule has 4 rings (SSSR count). The maximum atomic E-state index is 13.0. The van der Waals surface area contributed by atoms with Crippen molar-refractivity contribution in [1.29, 1.82) is 0 Å². The van der Waals surface area contributed by atoms with Gasteiger partial charge in [-0.2, -0.15) is 5.10 Å². The quantitative estimate of drug-likeness (QED) is 0.613. The molecule has 1 N–H and O–H groups in total. The fourth-order valence-corrected chi connectivity index (χ4v) is 4.45. The van der Waals surface area contributed by atoms with Crippen LogP contribution >= 0.6 is 0 Å². The molecule has 1 fully saturated rings. The molecule has 3 aromatic rings. The van der Waals surface area contributed by atoms with E-state index in [1.54, 1.807) is 0 Å². The maximum absolute atomic E-state index is 13.0. The first-order chi connectivity index (χ1) is 16.3. The molecular weight excluding hydrogens is 426 g/mol. The largest absolute Gasteiger partial charge is 0.340 e. The number of anilines is 1. The Kier molecular flexibility index (Phi) is 7.12. The molecule has 0 saturated carbocycles. The molecular formula is C27H33N5O2. The van der Waals surface area contributed by atoms with E-state index in [2.05, 4.69) is 15.3 Å². The summed E-state index contributed by atoms with van der Waals surface area (Å²) >= 11 is 0. The molecule has 2 heterocycles. The van der Waals surface area contributed by atoms with E-state index in [9.17, 15) is 9.59 Å². The van der Waals surface area contributed by atoms with Crippen LogP contribution in [-0.2, 0) is 16.0 Å². The number of hydrogen-bond donors (Lipinski definition) is 1. The molecule has 7 heteroatoms. The Morgan fingerprint density at radius 1 is 0.912 bits per heavy atom. The first-order valence-electron chi connectivity index (χ1n) is 11.8. The summed E-state index contributed by atoms with van der Waals surface area (Å²) in [5, 5.41) is 7.69. The highest BCUT2D eigenvalue weighted by atomic mass is 16.2. The van der Waals surface area contributed by atoms with Crippen molar-refractivity contribution >= 4 is 17.5 Å². The van der Waals surface area contributed by atoms with Gasteiger partial charge in [0.25, 0.3) is 0 Å². The van der Waals surface area contributed by atoms with Crippen molar-refractivity contribution in [3.05, 3.63) is 76.6 Å². The third-order valence-electron chi connectivity index (χ3n) is 6.74. The molecule has 0 bridgehead atoms. The van der Waals surface area contributed by atoms with Crippen LogP contribution in [0.5, 0.6) is 0 Å². The molecule has 34 heavy (non-hydrogen) atoms. The van der Waals surface area contributed by atoms with Gasteiger partial charge < -0.3 is 10.2 Å². The minimum atomic E-state index is -0.0203. The van der Waals surface area contributed by atoms with Crippen molar-refractivity contribution in [3.63, 3.8) is 0 Å². The molecule has 1 saturated heterocycles. The van der Waals surface area contributed by atoms with Crippen LogP contribution in [0.3, 0.4) is 0 Å². The van der Waals surface area contributed by atoms with Crippen LogP contribution in [0.15, 0.2) is 48.5 Å². The normalized spacial score (nSPS) is 14.3. The number of aryl methyl sites for hydroxylation is 2. The van der Waals surface area contributed by atoms with Crippen molar-refractivity contribution in [2.75, 3.05) is 38.0 Å². The SMILES string of the molecule is Cc1cccc(NC(=O)CN2CCN(C(=O)Cc3c(C)nn(-c4ccccc4)c3C)CC2)c1C. The predicted molar refractivity (Wildman–Crippen MR) is 134 cm³/mol. The van der Waals surface area contributed by atoms with E-state index >= 15 is 0 Å². The van der Waals surface area contributed by atoms with Gasteiger partial charge in [-0.15, -0.1) is 0 Å². The number of carbonyl (C=O) groups is 2. The molecule has 1 aromatic heterocycles. The van der Waals surface area contributed by atoms with Gasteiger partial charge in [0.05, 0.1) is 24.3 Å². The zero-order valence-corrected chi connectivity index (χ0v) is 20.5. The van der Waals surface area contributed by atoms with Gasteiger partial charge in [0, 0.05) is 43.1 Å². The Morgan fingerprint density at radius 2 is 1.62 bits per heavy atom. The lowest BCUT2D eigenvalue weighted by molar-refractivity contribution is -0.132. The number of nitrogens with one attached hydrogen (secondary N) is 1. The number of amides is 2. The van der Waals surface area contributed by atoms with Gasteiger partial charge in [0.1, 0.15) is 0 Å². The maximum Gasteiger partial charge on any atom is 0.238 e. The lowest BCUT2D eigenvalue weighted by atomic mass is 10.1. The van der Waals surface area contributed by atoms with Crippen LogP contribution in [0.25, 0.3) is 5.69 Å². The fraction of sp³-hybridized carbons (Fsp3) is 0.370. The minimum absolute atomic E-state index is 0.0203. The van der Waals surface area contributed by atoms with E-state index in [4.69, 9.17) is 0 Å². The van der Waals surface area contributed by atoms with E-state index < -0.39 is 0 Å². The monoisotopic (exact) mass is 459 g/mol. The van der Waals surface area contributed by atoms with Gasteiger partial charge in [-0.1, -0.05) is 30.3 Å². The van der Waals surface area contributed by atoms with E-state index in [0.717, 1.165) is 39.5 Å². The van der Waals surface area contributed by atoms with Crippen LogP contribution in [0.1, 0.15) is 28.1 Å². The molecule has 0 atom stereocenters. The summed E-state index contributed by atoms with van der Waals surface area (Å²) in [5.41, 5.74) is 6.98. The fourth-order valence-electron chi connectivity index (χ4n) is 4.45. The number of carbonyl (C=O) groups excluding carboxylic acids is 2. The summed E-state index contributed by atoms with van der Waals surface area (Å²) in [5.74, 6) is 0.0892. The summed E-state index contributed by atoms with van der Waals surface area (Å²) in [4.78, 5) is 29.6. The molecule has 1 aliphatic heterocycles. The highest BCUT2D eigenvalue weighted by Crippen LogP contribution is 2.20. The Hall–Kier alpha value is -3.45. The van der Waals surface area contributed by atoms with Crippen LogP contribution in [0.2, 0.25) is 0 Å². The van der Waals surface area contributed by atoms with Crippen LogP contribution < -0.4 is 5.32 Å². The molecule has 2 aromatic carbocycles. The second-order valence-corrected chi connectivity index (χ2v) is 9.03. The molecule has 0 radical (unpaired) electrons. The van der Waals surface area contributed by atoms with E-state index in [1.165, 1.54) is 0 Å². The van der Waals surface area contributed by atoms with Crippen LogP contribution in [-0.4, -0.2) is 64.1 Å². The number of benzene rings is 2. The van der Waals surface area contributed by atoms with E-state index in [1.807, 2.05) is 85.8 Å². The van der Waals surface area contributed by atoms with E-state index in [-0.39, 0.29) is 11.8 Å². The molecule has 0 unspecified atom stereocenters. The summed E-state index contributed by atoms with van der Waals surface area (Å²) in [6.45, 7) is 11.0. The summed E-state index contributed by atoms with van der Waals surface area (Å²) in [7, 11) is 0. The summed E-state index contributed by atoms with van der Waals surface area (Å²) in [6.07, 6.45) is 0.345. The predicted octanol–water partition coefficient (Wildman–Crippen LogP) is 3.43. The van der Waals surface area contributed by atoms with Crippen LogP contribution in [0.4, 0.5) is 5.69 Å². The topological polar surface area (TPSA) is 70.5 Å². The van der Waals surface area contributed by atoms with Gasteiger partial charge in [0.2, 0.25) is 11.8 Å². The molecule has 7 nitrogen and oxygen atoms in total. The van der Waals surface area contributed by atoms with Gasteiger partial charge >= 0.3 is 0 Å². The van der Waals surface area contributed by atoms with Gasteiger partial charge in [0.15, 0.2) is 0 Å². The standard InChI is InChI=1S/C27H33N5O2/c1-19-9-8-12-25(20(19)2)28-26(33)18-30-13-15-31(16-14-30)27(34)17-24-21(3)29-32(22(24)4)23-10-6-5-7-11-23/h5-12H,13-18H2,1-4H3,(H,28,33). The van der Waals surface area contributed by atoms with Crippen LogP contribution in [0, 0.1) is 27.7 Å². The smallest absolute Gasteiger partial charge is 0.238 e. The lowest BCUT2D eigenvalue weighted by Crippen LogP contribution is -2.50.